The van der Waals surface area contributed by atoms with E-state index < -0.39 is 65.1 Å². The number of aliphatic hydroxyl groups excluding tert-OH is 3. The number of benzene rings is 2. The lowest BCUT2D eigenvalue weighted by atomic mass is 9.99. The summed E-state index contributed by atoms with van der Waals surface area (Å²) in [4.78, 5) is 23.6. The molecule has 13 heteroatoms. The summed E-state index contributed by atoms with van der Waals surface area (Å²) in [6, 6.07) is 4.71. The Labute approximate surface area is 188 Å². The van der Waals surface area contributed by atoms with Gasteiger partial charge in [-0.1, -0.05) is 0 Å². The molecule has 2 aromatic carbocycles. The molecule has 5 unspecified atom stereocenters. The van der Waals surface area contributed by atoms with Gasteiger partial charge in [-0.15, -0.1) is 0 Å². The number of rotatable bonds is 4. The molecule has 1 fully saturated rings. The van der Waals surface area contributed by atoms with Crippen molar-refractivity contribution < 1.29 is 59.5 Å². The number of aliphatic hydroxyl groups is 3. The molecular formula is C21H18O13. The van der Waals surface area contributed by atoms with Crippen LogP contribution in [0.2, 0.25) is 0 Å². The Morgan fingerprint density at radius 3 is 2.24 bits per heavy atom. The molecule has 1 aliphatic rings. The van der Waals surface area contributed by atoms with Gasteiger partial charge in [-0.25, -0.2) is 4.79 Å². The minimum atomic E-state index is -1.95. The Balaban J connectivity index is 1.69. The number of carboxylic acid groups (broad SMARTS) is 1. The molecule has 0 saturated carbocycles. The summed E-state index contributed by atoms with van der Waals surface area (Å²) in [7, 11) is 0. The quantitative estimate of drug-likeness (QED) is 0.223. The minimum absolute atomic E-state index is 0.198. The molecule has 5 atom stereocenters. The van der Waals surface area contributed by atoms with E-state index >= 15 is 0 Å². The zero-order chi connectivity index (χ0) is 24.9. The SMILES string of the molecule is O=C(O)C1OC(Oc2cc(O)c(-c3cc(=O)c4c(O)cc(O)cc4o3)cc2O)C(O)C(O)C1O. The topological polar surface area (TPSA) is 228 Å². The Kier molecular flexibility index (Phi) is 5.70. The van der Waals surface area contributed by atoms with Crippen molar-refractivity contribution in [1.29, 1.82) is 0 Å². The smallest absolute Gasteiger partial charge is 0.335 e. The van der Waals surface area contributed by atoms with E-state index in [-0.39, 0.29) is 28.0 Å². The summed E-state index contributed by atoms with van der Waals surface area (Å²) in [5.74, 6) is -4.57. The first-order chi connectivity index (χ1) is 16.0. The van der Waals surface area contributed by atoms with Gasteiger partial charge in [-0.3, -0.25) is 4.79 Å². The first-order valence-corrected chi connectivity index (χ1v) is 9.63. The van der Waals surface area contributed by atoms with Gasteiger partial charge in [0.25, 0.3) is 0 Å². The Morgan fingerprint density at radius 2 is 1.56 bits per heavy atom. The van der Waals surface area contributed by atoms with Crippen molar-refractivity contribution in [1.82, 2.24) is 0 Å². The lowest BCUT2D eigenvalue weighted by Crippen LogP contribution is -2.61. The number of aromatic hydroxyl groups is 4. The second-order valence-electron chi connectivity index (χ2n) is 7.50. The van der Waals surface area contributed by atoms with Crippen molar-refractivity contribution in [3.05, 3.63) is 40.6 Å². The average molecular weight is 478 g/mol. The van der Waals surface area contributed by atoms with Gasteiger partial charge in [-0.2, -0.15) is 0 Å². The summed E-state index contributed by atoms with van der Waals surface area (Å²) in [5, 5.41) is 78.8. The fraction of sp³-hybridized carbons (Fsp3) is 0.238. The van der Waals surface area contributed by atoms with Crippen molar-refractivity contribution in [2.75, 3.05) is 0 Å². The molecule has 1 aromatic heterocycles. The van der Waals surface area contributed by atoms with E-state index in [2.05, 4.69) is 0 Å². The molecule has 3 aromatic rings. The first-order valence-electron chi connectivity index (χ1n) is 9.63. The molecular weight excluding hydrogens is 460 g/mol. The predicted octanol–water partition coefficient (Wildman–Crippen LogP) is -0.447. The number of phenolic OH excluding ortho intramolecular Hbond substituents is 4. The van der Waals surface area contributed by atoms with Crippen LogP contribution in [-0.2, 0) is 9.53 Å². The van der Waals surface area contributed by atoms with E-state index in [9.17, 15) is 45.3 Å². The molecule has 8 N–H and O–H groups in total. The maximum atomic E-state index is 12.4. The van der Waals surface area contributed by atoms with Gasteiger partial charge in [0.15, 0.2) is 23.0 Å². The van der Waals surface area contributed by atoms with Crippen molar-refractivity contribution in [2.24, 2.45) is 0 Å². The normalized spacial score (nSPS) is 24.7. The van der Waals surface area contributed by atoms with Gasteiger partial charge in [-0.05, 0) is 6.07 Å². The second-order valence-corrected chi connectivity index (χ2v) is 7.50. The highest BCUT2D eigenvalue weighted by Gasteiger charge is 2.48. The van der Waals surface area contributed by atoms with Crippen LogP contribution in [0, 0.1) is 0 Å². The zero-order valence-corrected chi connectivity index (χ0v) is 16.9. The first kappa shape index (κ1) is 23.1. The number of carbonyl (C=O) groups is 1. The molecule has 1 aliphatic heterocycles. The van der Waals surface area contributed by atoms with Gasteiger partial charge < -0.3 is 54.7 Å². The summed E-state index contributed by atoms with van der Waals surface area (Å²) in [6.45, 7) is 0. The molecule has 13 nitrogen and oxygen atoms in total. The van der Waals surface area contributed by atoms with Crippen LogP contribution in [0.3, 0.4) is 0 Å². The lowest BCUT2D eigenvalue weighted by Gasteiger charge is -2.38. The lowest BCUT2D eigenvalue weighted by molar-refractivity contribution is -0.271. The highest BCUT2D eigenvalue weighted by atomic mass is 16.7. The number of fused-ring (bicyclic) bond motifs is 1. The van der Waals surface area contributed by atoms with E-state index in [1.54, 1.807) is 0 Å². The van der Waals surface area contributed by atoms with Crippen LogP contribution in [0.4, 0.5) is 0 Å². The summed E-state index contributed by atoms with van der Waals surface area (Å²) < 4.78 is 15.7. The molecule has 1 saturated heterocycles. The van der Waals surface area contributed by atoms with E-state index in [1.807, 2.05) is 0 Å². The van der Waals surface area contributed by atoms with E-state index in [0.29, 0.717) is 0 Å². The molecule has 180 valence electrons. The van der Waals surface area contributed by atoms with Crippen LogP contribution < -0.4 is 10.2 Å². The second kappa shape index (κ2) is 8.39. The third-order valence-corrected chi connectivity index (χ3v) is 5.19. The maximum absolute atomic E-state index is 12.4. The average Bonchev–Trinajstić information content (AvgIpc) is 2.75. The van der Waals surface area contributed by atoms with Crippen LogP contribution in [-0.4, -0.2) is 77.5 Å². The Bertz CT molecular complexity index is 1330. The predicted molar refractivity (Wildman–Crippen MR) is 110 cm³/mol. The summed E-state index contributed by atoms with van der Waals surface area (Å²) in [5.41, 5.74) is -1.11. The van der Waals surface area contributed by atoms with Crippen LogP contribution >= 0.6 is 0 Å². The fourth-order valence-corrected chi connectivity index (χ4v) is 3.51. The standard InChI is InChI=1S/C21H18O13/c22-6-1-10(25)15-11(26)5-12(32-14(15)2-6)7-3-9(24)13(4-8(7)23)33-21-18(29)16(27)17(28)19(34-21)20(30)31/h1-5,16-19,21-25,27-29H,(H,30,31). The number of hydrogen-bond acceptors (Lipinski definition) is 12. The molecule has 0 aliphatic carbocycles. The molecule has 0 radical (unpaired) electrons. The summed E-state index contributed by atoms with van der Waals surface area (Å²) >= 11 is 0. The molecule has 2 heterocycles. The minimum Gasteiger partial charge on any atom is -0.508 e. The van der Waals surface area contributed by atoms with Crippen molar-refractivity contribution in [3.8, 4) is 40.1 Å². The Hall–Kier alpha value is -4.04. The number of phenols is 4. The van der Waals surface area contributed by atoms with E-state index in [0.717, 1.165) is 30.3 Å². The molecule has 4 rings (SSSR count). The molecule has 0 amide bonds. The largest absolute Gasteiger partial charge is 0.508 e. The third kappa shape index (κ3) is 3.92. The van der Waals surface area contributed by atoms with Gasteiger partial charge in [0.2, 0.25) is 6.29 Å². The highest BCUT2D eigenvalue weighted by Crippen LogP contribution is 2.41. The maximum Gasteiger partial charge on any atom is 0.335 e. The fourth-order valence-electron chi connectivity index (χ4n) is 3.51. The number of aliphatic carboxylic acids is 1. The third-order valence-electron chi connectivity index (χ3n) is 5.19. The zero-order valence-electron chi connectivity index (χ0n) is 16.9. The van der Waals surface area contributed by atoms with Crippen LogP contribution in [0.15, 0.2) is 39.5 Å². The van der Waals surface area contributed by atoms with Gasteiger partial charge in [0.05, 0.1) is 5.56 Å². The van der Waals surface area contributed by atoms with Crippen molar-refractivity contribution >= 4 is 16.9 Å². The van der Waals surface area contributed by atoms with Gasteiger partial charge in [0.1, 0.15) is 52.3 Å². The molecule has 0 spiro atoms. The van der Waals surface area contributed by atoms with E-state index in [1.165, 1.54) is 0 Å². The van der Waals surface area contributed by atoms with Crippen molar-refractivity contribution in [3.63, 3.8) is 0 Å². The van der Waals surface area contributed by atoms with E-state index in [4.69, 9.17) is 19.0 Å². The number of hydrogen-bond donors (Lipinski definition) is 8. The van der Waals surface area contributed by atoms with Gasteiger partial charge in [0, 0.05) is 24.3 Å². The summed E-state index contributed by atoms with van der Waals surface area (Å²) in [6.07, 6.45) is -9.61. The highest BCUT2D eigenvalue weighted by molar-refractivity contribution is 5.86. The Morgan fingerprint density at radius 1 is 0.853 bits per heavy atom. The number of ether oxygens (including phenoxy) is 2. The van der Waals surface area contributed by atoms with Crippen LogP contribution in [0.25, 0.3) is 22.3 Å². The van der Waals surface area contributed by atoms with Crippen molar-refractivity contribution in [2.45, 2.75) is 30.7 Å². The van der Waals surface area contributed by atoms with Crippen LogP contribution in [0.5, 0.6) is 28.7 Å². The molecule has 34 heavy (non-hydrogen) atoms. The number of carboxylic acids is 1. The van der Waals surface area contributed by atoms with Crippen LogP contribution in [0.1, 0.15) is 0 Å². The molecule has 0 bridgehead atoms. The van der Waals surface area contributed by atoms with Gasteiger partial charge >= 0.3 is 5.97 Å². The monoisotopic (exact) mass is 478 g/mol.